The number of rotatable bonds is 9. The fraction of sp³-hybridized carbons (Fsp3) is 0.417. The van der Waals surface area contributed by atoms with Crippen molar-refractivity contribution in [1.82, 2.24) is 14.9 Å². The Balaban J connectivity index is 1.39. The zero-order chi connectivity index (χ0) is 22.3. The Labute approximate surface area is 186 Å². The van der Waals surface area contributed by atoms with E-state index in [9.17, 15) is 14.9 Å². The molecule has 3 aromatic rings. The molecular weight excluding hydrogens is 408 g/mol. The Hall–Kier alpha value is -3.42. The van der Waals surface area contributed by atoms with E-state index in [0.29, 0.717) is 31.9 Å². The van der Waals surface area contributed by atoms with Gasteiger partial charge < -0.3 is 14.6 Å². The molecule has 1 saturated carbocycles. The van der Waals surface area contributed by atoms with Crippen LogP contribution in [0.4, 0.5) is 5.69 Å². The van der Waals surface area contributed by atoms with Crippen LogP contribution in [-0.2, 0) is 17.8 Å². The van der Waals surface area contributed by atoms with Gasteiger partial charge in [-0.1, -0.05) is 37.5 Å². The van der Waals surface area contributed by atoms with Crippen LogP contribution in [0.2, 0.25) is 0 Å². The van der Waals surface area contributed by atoms with E-state index in [4.69, 9.17) is 9.72 Å². The molecule has 8 nitrogen and oxygen atoms in total. The molecule has 0 atom stereocenters. The average Bonchev–Trinajstić information content (AvgIpc) is 3.17. The lowest BCUT2D eigenvalue weighted by atomic mass is 9.89. The van der Waals surface area contributed by atoms with Gasteiger partial charge in [-0.3, -0.25) is 14.9 Å². The monoisotopic (exact) mass is 436 g/mol. The number of aromatic nitrogens is 2. The minimum atomic E-state index is -0.435. The van der Waals surface area contributed by atoms with Gasteiger partial charge in [0, 0.05) is 24.9 Å². The van der Waals surface area contributed by atoms with Crippen LogP contribution in [0.1, 0.15) is 37.9 Å². The average molecular weight is 437 g/mol. The molecule has 0 saturated heterocycles. The number of nitro benzene ring substituents is 1. The van der Waals surface area contributed by atoms with Gasteiger partial charge in [0.2, 0.25) is 5.91 Å². The molecule has 32 heavy (non-hydrogen) atoms. The number of non-ortho nitro benzene ring substituents is 1. The van der Waals surface area contributed by atoms with E-state index < -0.39 is 4.92 Å². The van der Waals surface area contributed by atoms with Crippen molar-refractivity contribution in [3.05, 3.63) is 64.5 Å². The van der Waals surface area contributed by atoms with Gasteiger partial charge >= 0.3 is 0 Å². The number of fused-ring (bicyclic) bond motifs is 1. The SMILES string of the molecule is O=C(NCCc1nc2ccccc2n1CCOc1cccc([N+](=O)[O-])c1)C1CCCCC1. The summed E-state index contributed by atoms with van der Waals surface area (Å²) in [5, 5.41) is 14.0. The van der Waals surface area contributed by atoms with Crippen LogP contribution < -0.4 is 10.1 Å². The van der Waals surface area contributed by atoms with E-state index in [0.717, 1.165) is 42.5 Å². The molecule has 0 radical (unpaired) electrons. The molecule has 8 heteroatoms. The van der Waals surface area contributed by atoms with E-state index in [1.165, 1.54) is 18.6 Å². The highest BCUT2D eigenvalue weighted by Gasteiger charge is 2.21. The second-order valence-corrected chi connectivity index (χ2v) is 8.15. The molecular formula is C24H28N4O4. The zero-order valence-electron chi connectivity index (χ0n) is 18.0. The summed E-state index contributed by atoms with van der Waals surface area (Å²) in [5.41, 5.74) is 1.91. The summed E-state index contributed by atoms with van der Waals surface area (Å²) < 4.78 is 7.87. The lowest BCUT2D eigenvalue weighted by molar-refractivity contribution is -0.384. The first kappa shape index (κ1) is 21.8. The van der Waals surface area contributed by atoms with Crippen molar-refractivity contribution >= 4 is 22.6 Å². The highest BCUT2D eigenvalue weighted by Crippen LogP contribution is 2.24. The number of carbonyl (C=O) groups is 1. The maximum absolute atomic E-state index is 12.4. The number of carbonyl (C=O) groups excluding carboxylic acids is 1. The summed E-state index contributed by atoms with van der Waals surface area (Å²) in [4.78, 5) is 27.7. The standard InChI is InChI=1S/C24H28N4O4/c29-24(18-7-2-1-3-8-18)25-14-13-23-26-21-11-4-5-12-22(21)27(23)15-16-32-20-10-6-9-19(17-20)28(30)31/h4-6,9-12,17-18H,1-3,7-8,13-16H2,(H,25,29). The Morgan fingerprint density at radius 3 is 2.78 bits per heavy atom. The third-order valence-electron chi connectivity index (χ3n) is 5.97. The van der Waals surface area contributed by atoms with Crippen molar-refractivity contribution in [3.8, 4) is 5.75 Å². The largest absolute Gasteiger partial charge is 0.491 e. The van der Waals surface area contributed by atoms with Crippen molar-refractivity contribution in [2.24, 2.45) is 5.92 Å². The Morgan fingerprint density at radius 1 is 1.16 bits per heavy atom. The van der Waals surface area contributed by atoms with Gasteiger partial charge in [0.1, 0.15) is 18.2 Å². The molecule has 1 fully saturated rings. The lowest BCUT2D eigenvalue weighted by Gasteiger charge is -2.20. The quantitative estimate of drug-likeness (QED) is 0.399. The molecule has 0 spiro atoms. The number of nitro groups is 1. The predicted molar refractivity (Wildman–Crippen MR) is 122 cm³/mol. The topological polar surface area (TPSA) is 99.3 Å². The molecule has 0 bridgehead atoms. The number of hydrogen-bond donors (Lipinski definition) is 1. The van der Waals surface area contributed by atoms with Gasteiger partial charge in [-0.25, -0.2) is 4.98 Å². The first-order valence-electron chi connectivity index (χ1n) is 11.2. The fourth-order valence-corrected chi connectivity index (χ4v) is 4.31. The smallest absolute Gasteiger partial charge is 0.273 e. The van der Waals surface area contributed by atoms with Gasteiger partial charge in [-0.05, 0) is 31.0 Å². The van der Waals surface area contributed by atoms with Crippen LogP contribution in [0.3, 0.4) is 0 Å². The molecule has 1 heterocycles. The minimum absolute atomic E-state index is 0.00461. The van der Waals surface area contributed by atoms with Crippen molar-refractivity contribution in [1.29, 1.82) is 0 Å². The first-order valence-corrected chi connectivity index (χ1v) is 11.2. The van der Waals surface area contributed by atoms with Gasteiger partial charge in [0.15, 0.2) is 0 Å². The van der Waals surface area contributed by atoms with Crippen molar-refractivity contribution in [3.63, 3.8) is 0 Å². The summed E-state index contributed by atoms with van der Waals surface area (Å²) in [7, 11) is 0. The maximum atomic E-state index is 12.4. The number of nitrogens with zero attached hydrogens (tertiary/aromatic N) is 3. The third-order valence-corrected chi connectivity index (χ3v) is 5.97. The molecule has 0 aliphatic heterocycles. The summed E-state index contributed by atoms with van der Waals surface area (Å²) in [5.74, 6) is 1.65. The van der Waals surface area contributed by atoms with Crippen molar-refractivity contribution < 1.29 is 14.5 Å². The van der Waals surface area contributed by atoms with Gasteiger partial charge in [-0.2, -0.15) is 0 Å². The molecule has 4 rings (SSSR count). The molecule has 0 unspecified atom stereocenters. The van der Waals surface area contributed by atoms with Gasteiger partial charge in [0.05, 0.1) is 28.6 Å². The number of amides is 1. The minimum Gasteiger partial charge on any atom is -0.491 e. The molecule has 1 aliphatic carbocycles. The van der Waals surface area contributed by atoms with Crippen LogP contribution in [0.25, 0.3) is 11.0 Å². The highest BCUT2D eigenvalue weighted by atomic mass is 16.6. The summed E-state index contributed by atoms with van der Waals surface area (Å²) in [6.07, 6.45) is 6.10. The van der Waals surface area contributed by atoms with Gasteiger partial charge in [0.25, 0.3) is 5.69 Å². The summed E-state index contributed by atoms with van der Waals surface area (Å²) in [6.45, 7) is 1.45. The number of para-hydroxylation sites is 2. The lowest BCUT2D eigenvalue weighted by Crippen LogP contribution is -2.33. The predicted octanol–water partition coefficient (Wildman–Crippen LogP) is 4.26. The van der Waals surface area contributed by atoms with Crippen molar-refractivity contribution in [2.75, 3.05) is 13.2 Å². The third kappa shape index (κ3) is 5.25. The van der Waals surface area contributed by atoms with Crippen LogP contribution in [0.5, 0.6) is 5.75 Å². The van der Waals surface area contributed by atoms with Crippen LogP contribution in [0, 0.1) is 16.0 Å². The Kier molecular flexibility index (Phi) is 6.99. The van der Waals surface area contributed by atoms with E-state index in [2.05, 4.69) is 9.88 Å². The van der Waals surface area contributed by atoms with E-state index in [-0.39, 0.29) is 17.5 Å². The van der Waals surface area contributed by atoms with Crippen molar-refractivity contribution in [2.45, 2.75) is 45.1 Å². The Bertz CT molecular complexity index is 1090. The number of hydrogen-bond acceptors (Lipinski definition) is 5. The fourth-order valence-electron chi connectivity index (χ4n) is 4.31. The van der Waals surface area contributed by atoms with E-state index in [1.54, 1.807) is 12.1 Å². The molecule has 168 valence electrons. The normalized spacial score (nSPS) is 14.4. The molecule has 1 N–H and O–H groups in total. The Morgan fingerprint density at radius 2 is 1.97 bits per heavy atom. The van der Waals surface area contributed by atoms with E-state index >= 15 is 0 Å². The van der Waals surface area contributed by atoms with Crippen LogP contribution in [0.15, 0.2) is 48.5 Å². The molecule has 2 aromatic carbocycles. The number of benzene rings is 2. The molecule has 1 aliphatic rings. The molecule has 1 amide bonds. The number of ether oxygens (including phenoxy) is 1. The second-order valence-electron chi connectivity index (χ2n) is 8.15. The van der Waals surface area contributed by atoms with Gasteiger partial charge in [-0.15, -0.1) is 0 Å². The second kappa shape index (κ2) is 10.3. The van der Waals surface area contributed by atoms with Crippen LogP contribution >= 0.6 is 0 Å². The molecule has 1 aromatic heterocycles. The maximum Gasteiger partial charge on any atom is 0.273 e. The zero-order valence-corrected chi connectivity index (χ0v) is 18.0. The highest BCUT2D eigenvalue weighted by molar-refractivity contribution is 5.78. The first-order chi connectivity index (χ1) is 15.6. The summed E-state index contributed by atoms with van der Waals surface area (Å²) >= 11 is 0. The number of nitrogens with one attached hydrogen (secondary N) is 1. The van der Waals surface area contributed by atoms with Crippen LogP contribution in [-0.4, -0.2) is 33.5 Å². The number of imidazole rings is 1. The van der Waals surface area contributed by atoms with E-state index in [1.807, 2.05) is 24.3 Å². The summed E-state index contributed by atoms with van der Waals surface area (Å²) in [6, 6.07) is 14.1.